The van der Waals surface area contributed by atoms with Crippen LogP contribution < -0.4 is 4.74 Å². The quantitative estimate of drug-likeness (QED) is 0.835. The van der Waals surface area contributed by atoms with E-state index in [1.807, 2.05) is 0 Å². The fourth-order valence-corrected chi connectivity index (χ4v) is 2.29. The second-order valence-electron chi connectivity index (χ2n) is 4.75. The second kappa shape index (κ2) is 6.25. The van der Waals surface area contributed by atoms with Gasteiger partial charge in [0.2, 0.25) is 11.7 Å². The van der Waals surface area contributed by atoms with Crippen LogP contribution in [-0.4, -0.2) is 49.9 Å². The van der Waals surface area contributed by atoms with Crippen LogP contribution in [0.5, 0.6) is 5.88 Å². The van der Waals surface area contributed by atoms with Crippen LogP contribution in [0.2, 0.25) is 0 Å². The van der Waals surface area contributed by atoms with E-state index in [4.69, 9.17) is 4.74 Å². The van der Waals surface area contributed by atoms with Gasteiger partial charge in [-0.3, -0.25) is 9.78 Å². The minimum Gasteiger partial charge on any atom is -0.471 e. The van der Waals surface area contributed by atoms with Crippen molar-refractivity contribution in [3.63, 3.8) is 0 Å². The molecule has 2 aromatic heterocycles. The van der Waals surface area contributed by atoms with Crippen LogP contribution in [0.1, 0.15) is 23.5 Å². The number of piperidine rings is 1. The van der Waals surface area contributed by atoms with Gasteiger partial charge in [0.1, 0.15) is 6.10 Å². The summed E-state index contributed by atoms with van der Waals surface area (Å²) in [7, 11) is 0. The van der Waals surface area contributed by atoms with Crippen LogP contribution in [0, 0.1) is 0 Å². The molecule has 1 fully saturated rings. The molecule has 3 rings (SSSR count). The summed E-state index contributed by atoms with van der Waals surface area (Å²) in [5, 5.41) is 0. The Kier molecular flexibility index (Phi) is 3.99. The third-order valence-electron chi connectivity index (χ3n) is 3.25. The highest BCUT2D eigenvalue weighted by molar-refractivity contribution is 5.90. The lowest BCUT2D eigenvalue weighted by atomic mass is 10.1. The van der Waals surface area contributed by atoms with Crippen molar-refractivity contribution in [3.05, 3.63) is 42.9 Å². The molecule has 0 radical (unpaired) electrons. The van der Waals surface area contributed by atoms with Crippen LogP contribution in [0.4, 0.5) is 0 Å². The molecule has 1 amide bonds. The van der Waals surface area contributed by atoms with Crippen molar-refractivity contribution in [3.8, 4) is 5.88 Å². The highest BCUT2D eigenvalue weighted by Gasteiger charge is 2.27. The van der Waals surface area contributed by atoms with E-state index in [1.54, 1.807) is 42.0 Å². The van der Waals surface area contributed by atoms with E-state index in [0.29, 0.717) is 19.0 Å². The van der Waals surface area contributed by atoms with Crippen molar-refractivity contribution in [2.45, 2.75) is 18.9 Å². The van der Waals surface area contributed by atoms with Gasteiger partial charge in [0.15, 0.2) is 0 Å². The molecule has 0 saturated carbocycles. The lowest BCUT2D eigenvalue weighted by Crippen LogP contribution is -2.45. The number of hydrogen-bond donors (Lipinski definition) is 0. The number of likely N-dealkylation sites (tertiary alicyclic amines) is 1. The molecule has 0 unspecified atom stereocenters. The smallest absolute Gasteiger partial charge is 0.291 e. The molecule has 3 heterocycles. The first-order valence-corrected chi connectivity index (χ1v) is 6.82. The zero-order valence-electron chi connectivity index (χ0n) is 11.4. The summed E-state index contributed by atoms with van der Waals surface area (Å²) in [5.74, 6) is 0.536. The summed E-state index contributed by atoms with van der Waals surface area (Å²) in [5.41, 5.74) is 0. The number of aromatic nitrogens is 4. The van der Waals surface area contributed by atoms with Gasteiger partial charge >= 0.3 is 0 Å². The maximum atomic E-state index is 12.3. The van der Waals surface area contributed by atoms with E-state index in [2.05, 4.69) is 19.9 Å². The number of nitrogens with zero attached hydrogens (tertiary/aromatic N) is 5. The minimum atomic E-state index is -0.164. The summed E-state index contributed by atoms with van der Waals surface area (Å²) in [4.78, 5) is 30.1. The van der Waals surface area contributed by atoms with Crippen molar-refractivity contribution >= 4 is 5.91 Å². The van der Waals surface area contributed by atoms with Gasteiger partial charge in [-0.1, -0.05) is 0 Å². The zero-order chi connectivity index (χ0) is 14.5. The van der Waals surface area contributed by atoms with Crippen molar-refractivity contribution in [2.24, 2.45) is 0 Å². The average Bonchev–Trinajstić information content (AvgIpc) is 2.56. The van der Waals surface area contributed by atoms with Gasteiger partial charge in [-0.15, -0.1) is 0 Å². The van der Waals surface area contributed by atoms with E-state index in [0.717, 1.165) is 12.8 Å². The summed E-state index contributed by atoms with van der Waals surface area (Å²) in [6, 6.07) is 1.69. The Morgan fingerprint density at radius 2 is 2.05 bits per heavy atom. The van der Waals surface area contributed by atoms with Gasteiger partial charge in [0.25, 0.3) is 5.91 Å². The molecule has 108 valence electrons. The first kappa shape index (κ1) is 13.4. The van der Waals surface area contributed by atoms with E-state index in [-0.39, 0.29) is 17.8 Å². The molecule has 1 saturated heterocycles. The molecule has 1 atom stereocenters. The fraction of sp³-hybridized carbons (Fsp3) is 0.357. The van der Waals surface area contributed by atoms with Crippen LogP contribution in [-0.2, 0) is 0 Å². The number of carbonyl (C=O) groups is 1. The molecule has 0 N–H and O–H groups in total. The average molecular weight is 285 g/mol. The summed E-state index contributed by atoms with van der Waals surface area (Å²) < 4.78 is 5.76. The lowest BCUT2D eigenvalue weighted by Gasteiger charge is -2.32. The predicted octanol–water partition coefficient (Wildman–Crippen LogP) is 0.950. The SMILES string of the molecule is O=C(c1ncccn1)N1CCC[C@@H](Oc2cnccn2)C1. The second-order valence-corrected chi connectivity index (χ2v) is 4.75. The summed E-state index contributed by atoms with van der Waals surface area (Å²) in [6.45, 7) is 1.20. The third kappa shape index (κ3) is 3.31. The number of ether oxygens (including phenoxy) is 1. The molecule has 7 heteroatoms. The molecular formula is C14H15N5O2. The fourth-order valence-electron chi connectivity index (χ4n) is 2.29. The first-order chi connectivity index (χ1) is 10.3. The summed E-state index contributed by atoms with van der Waals surface area (Å²) in [6.07, 6.45) is 9.56. The Bertz CT molecular complexity index is 593. The Balaban J connectivity index is 1.64. The van der Waals surface area contributed by atoms with E-state index in [1.165, 1.54) is 0 Å². The number of amides is 1. The minimum absolute atomic E-state index is 0.0805. The Morgan fingerprint density at radius 3 is 2.81 bits per heavy atom. The van der Waals surface area contributed by atoms with Gasteiger partial charge in [-0.05, 0) is 18.9 Å². The van der Waals surface area contributed by atoms with E-state index < -0.39 is 0 Å². The molecule has 1 aliphatic rings. The maximum absolute atomic E-state index is 12.3. The van der Waals surface area contributed by atoms with Crippen molar-refractivity contribution in [1.82, 2.24) is 24.8 Å². The molecule has 0 aliphatic carbocycles. The maximum Gasteiger partial charge on any atom is 0.291 e. The highest BCUT2D eigenvalue weighted by atomic mass is 16.5. The number of carbonyl (C=O) groups excluding carboxylic acids is 1. The van der Waals surface area contributed by atoms with Gasteiger partial charge in [0, 0.05) is 31.3 Å². The van der Waals surface area contributed by atoms with Gasteiger partial charge in [-0.25, -0.2) is 15.0 Å². The van der Waals surface area contributed by atoms with Crippen molar-refractivity contribution < 1.29 is 9.53 Å². The van der Waals surface area contributed by atoms with Crippen molar-refractivity contribution in [1.29, 1.82) is 0 Å². The lowest BCUT2D eigenvalue weighted by molar-refractivity contribution is 0.0516. The van der Waals surface area contributed by atoms with Crippen LogP contribution in [0.25, 0.3) is 0 Å². The normalized spacial score (nSPS) is 18.3. The molecule has 1 aliphatic heterocycles. The Hall–Kier alpha value is -2.57. The topological polar surface area (TPSA) is 81.1 Å². The largest absolute Gasteiger partial charge is 0.471 e. The van der Waals surface area contributed by atoms with Gasteiger partial charge in [0.05, 0.1) is 12.7 Å². The molecule has 21 heavy (non-hydrogen) atoms. The molecule has 7 nitrogen and oxygen atoms in total. The van der Waals surface area contributed by atoms with E-state index >= 15 is 0 Å². The van der Waals surface area contributed by atoms with Crippen LogP contribution in [0.15, 0.2) is 37.1 Å². The first-order valence-electron chi connectivity index (χ1n) is 6.82. The van der Waals surface area contributed by atoms with Crippen molar-refractivity contribution in [2.75, 3.05) is 13.1 Å². The standard InChI is InChI=1S/C14H15N5O2/c20-14(13-17-4-2-5-18-13)19-8-1-3-11(10-19)21-12-9-15-6-7-16-12/h2,4-7,9,11H,1,3,8,10H2/t11-/m1/s1. The predicted molar refractivity (Wildman–Crippen MR) is 73.6 cm³/mol. The van der Waals surface area contributed by atoms with Gasteiger partial charge in [-0.2, -0.15) is 0 Å². The third-order valence-corrected chi connectivity index (χ3v) is 3.25. The van der Waals surface area contributed by atoms with Gasteiger partial charge < -0.3 is 9.64 Å². The van der Waals surface area contributed by atoms with Crippen LogP contribution in [0.3, 0.4) is 0 Å². The molecular weight excluding hydrogens is 270 g/mol. The monoisotopic (exact) mass is 285 g/mol. The van der Waals surface area contributed by atoms with Crippen LogP contribution >= 0.6 is 0 Å². The molecule has 0 aromatic carbocycles. The zero-order valence-corrected chi connectivity index (χ0v) is 11.4. The Morgan fingerprint density at radius 1 is 1.19 bits per heavy atom. The highest BCUT2D eigenvalue weighted by Crippen LogP contribution is 2.16. The molecule has 0 bridgehead atoms. The number of rotatable bonds is 3. The summed E-state index contributed by atoms with van der Waals surface area (Å²) >= 11 is 0. The molecule has 0 spiro atoms. The van der Waals surface area contributed by atoms with E-state index in [9.17, 15) is 4.79 Å². The molecule has 2 aromatic rings. The number of hydrogen-bond acceptors (Lipinski definition) is 6. The Labute approximate surface area is 122 Å².